The number of benzene rings is 3. The number of rotatable bonds is 6. The lowest BCUT2D eigenvalue weighted by Gasteiger charge is -2.13. The molecule has 2 heterocycles. The number of hydrogen-bond acceptors (Lipinski definition) is 3. The number of H-pyrrole nitrogens is 1. The minimum atomic E-state index is -0.241. The summed E-state index contributed by atoms with van der Waals surface area (Å²) in [6.45, 7) is 0.723. The third-order valence-electron chi connectivity index (χ3n) is 5.80. The predicted octanol–water partition coefficient (Wildman–Crippen LogP) is 3.94. The van der Waals surface area contributed by atoms with Gasteiger partial charge in [-0.2, -0.15) is 0 Å². The van der Waals surface area contributed by atoms with Gasteiger partial charge >= 0.3 is 0 Å². The van der Waals surface area contributed by atoms with E-state index in [-0.39, 0.29) is 17.7 Å². The number of aromatic amines is 1. The molecule has 2 N–H and O–H groups in total. The molecule has 3 amide bonds. The Labute approximate surface area is 184 Å². The largest absolute Gasteiger partial charge is 0.361 e. The highest BCUT2D eigenvalue weighted by atomic mass is 16.2. The molecule has 1 aromatic heterocycles. The van der Waals surface area contributed by atoms with E-state index >= 15 is 0 Å². The summed E-state index contributed by atoms with van der Waals surface area (Å²) >= 11 is 0. The SMILES string of the molecule is O=C(NCc1ccc2[nH]cc(CCN3C(=O)c4ccccc4C3=O)c2c1)c1ccccc1. The Morgan fingerprint density at radius 3 is 2.28 bits per heavy atom. The molecule has 158 valence electrons. The first-order valence-electron chi connectivity index (χ1n) is 10.5. The van der Waals surface area contributed by atoms with E-state index in [1.165, 1.54) is 4.90 Å². The van der Waals surface area contributed by atoms with E-state index in [9.17, 15) is 14.4 Å². The van der Waals surface area contributed by atoms with E-state index in [0.717, 1.165) is 22.0 Å². The molecule has 32 heavy (non-hydrogen) atoms. The van der Waals surface area contributed by atoms with E-state index < -0.39 is 0 Å². The summed E-state index contributed by atoms with van der Waals surface area (Å²) < 4.78 is 0. The molecule has 4 aromatic rings. The first kappa shape index (κ1) is 19.8. The van der Waals surface area contributed by atoms with Gasteiger partial charge in [-0.05, 0) is 53.9 Å². The highest BCUT2D eigenvalue weighted by molar-refractivity contribution is 6.21. The average molecular weight is 423 g/mol. The molecule has 5 rings (SSSR count). The highest BCUT2D eigenvalue weighted by Gasteiger charge is 2.34. The zero-order valence-electron chi connectivity index (χ0n) is 17.3. The smallest absolute Gasteiger partial charge is 0.261 e. The fourth-order valence-corrected chi connectivity index (χ4v) is 4.09. The predicted molar refractivity (Wildman–Crippen MR) is 121 cm³/mol. The lowest BCUT2D eigenvalue weighted by Crippen LogP contribution is -2.31. The second-order valence-electron chi connectivity index (χ2n) is 7.80. The van der Waals surface area contributed by atoms with Crippen LogP contribution in [0, 0.1) is 0 Å². The van der Waals surface area contributed by atoms with Crippen LogP contribution in [0.4, 0.5) is 0 Å². The summed E-state index contributed by atoms with van der Waals surface area (Å²) in [5.41, 5.74) is 4.52. The molecule has 0 atom stereocenters. The lowest BCUT2D eigenvalue weighted by atomic mass is 10.1. The normalized spacial score (nSPS) is 12.9. The van der Waals surface area contributed by atoms with Crippen molar-refractivity contribution >= 4 is 28.6 Å². The number of nitrogens with one attached hydrogen (secondary N) is 2. The van der Waals surface area contributed by atoms with Crippen molar-refractivity contribution in [2.75, 3.05) is 6.54 Å². The van der Waals surface area contributed by atoms with Crippen molar-refractivity contribution in [2.24, 2.45) is 0 Å². The van der Waals surface area contributed by atoms with Gasteiger partial charge in [0, 0.05) is 35.8 Å². The van der Waals surface area contributed by atoms with Gasteiger partial charge < -0.3 is 10.3 Å². The number of carbonyl (C=O) groups is 3. The first-order valence-corrected chi connectivity index (χ1v) is 10.5. The molecule has 0 spiro atoms. The van der Waals surface area contributed by atoms with Crippen molar-refractivity contribution in [1.29, 1.82) is 0 Å². The Morgan fingerprint density at radius 1 is 0.875 bits per heavy atom. The lowest BCUT2D eigenvalue weighted by molar-refractivity contribution is 0.0656. The second-order valence-corrected chi connectivity index (χ2v) is 7.80. The maximum Gasteiger partial charge on any atom is 0.261 e. The minimum absolute atomic E-state index is 0.120. The number of nitrogens with zero attached hydrogens (tertiary/aromatic N) is 1. The number of imide groups is 1. The third kappa shape index (κ3) is 3.56. The number of amides is 3. The maximum absolute atomic E-state index is 12.6. The topological polar surface area (TPSA) is 82.3 Å². The molecule has 0 saturated carbocycles. The molecule has 0 fully saturated rings. The molecule has 1 aliphatic heterocycles. The van der Waals surface area contributed by atoms with Crippen molar-refractivity contribution in [3.8, 4) is 0 Å². The molecule has 0 saturated heterocycles. The standard InChI is InChI=1S/C26H21N3O3/c30-24(18-6-2-1-3-7-18)28-15-17-10-11-23-22(14-17)19(16-27-23)12-13-29-25(31)20-8-4-5-9-21(20)26(29)32/h1-11,14,16,27H,12-13,15H2,(H,28,30). The Hall–Kier alpha value is -4.19. The average Bonchev–Trinajstić information content (AvgIpc) is 3.35. The van der Waals surface area contributed by atoms with Gasteiger partial charge in [-0.1, -0.05) is 36.4 Å². The minimum Gasteiger partial charge on any atom is -0.361 e. The second kappa shape index (κ2) is 8.15. The van der Waals surface area contributed by atoms with Crippen LogP contribution in [0.1, 0.15) is 42.2 Å². The molecule has 1 aliphatic rings. The summed E-state index contributed by atoms with van der Waals surface area (Å²) in [7, 11) is 0. The van der Waals surface area contributed by atoms with Crippen molar-refractivity contribution in [3.63, 3.8) is 0 Å². The van der Waals surface area contributed by atoms with Crippen LogP contribution in [-0.4, -0.2) is 34.2 Å². The van der Waals surface area contributed by atoms with Crippen molar-refractivity contribution < 1.29 is 14.4 Å². The Kier molecular flexibility index (Phi) is 5.03. The van der Waals surface area contributed by atoms with Crippen molar-refractivity contribution in [1.82, 2.24) is 15.2 Å². The summed E-state index contributed by atoms with van der Waals surface area (Å²) in [5.74, 6) is -0.602. The number of aromatic nitrogens is 1. The monoisotopic (exact) mass is 423 g/mol. The van der Waals surface area contributed by atoms with E-state index in [4.69, 9.17) is 0 Å². The van der Waals surface area contributed by atoms with E-state index in [0.29, 0.717) is 36.2 Å². The van der Waals surface area contributed by atoms with Gasteiger partial charge in [0.1, 0.15) is 0 Å². The van der Waals surface area contributed by atoms with Crippen LogP contribution >= 0.6 is 0 Å². The molecule has 0 bridgehead atoms. The summed E-state index contributed by atoms with van der Waals surface area (Å²) in [6, 6.07) is 22.0. The summed E-state index contributed by atoms with van der Waals surface area (Å²) in [6.07, 6.45) is 2.46. The van der Waals surface area contributed by atoms with Crippen LogP contribution in [0.3, 0.4) is 0 Å². The fourth-order valence-electron chi connectivity index (χ4n) is 4.09. The Balaban J connectivity index is 1.29. The summed E-state index contributed by atoms with van der Waals surface area (Å²) in [5, 5.41) is 3.96. The van der Waals surface area contributed by atoms with E-state index in [1.807, 2.05) is 42.6 Å². The van der Waals surface area contributed by atoms with Gasteiger partial charge in [0.15, 0.2) is 0 Å². The fraction of sp³-hybridized carbons (Fsp3) is 0.115. The molecule has 0 radical (unpaired) electrons. The molecule has 3 aromatic carbocycles. The van der Waals surface area contributed by atoms with Gasteiger partial charge in [0.2, 0.25) is 0 Å². The quantitative estimate of drug-likeness (QED) is 0.461. The molecule has 0 unspecified atom stereocenters. The van der Waals surface area contributed by atoms with Crippen LogP contribution in [0.25, 0.3) is 10.9 Å². The van der Waals surface area contributed by atoms with E-state index in [2.05, 4.69) is 10.3 Å². The highest BCUT2D eigenvalue weighted by Crippen LogP contribution is 2.25. The van der Waals surface area contributed by atoms with Gasteiger partial charge in [0.25, 0.3) is 17.7 Å². The van der Waals surface area contributed by atoms with Gasteiger partial charge in [-0.3, -0.25) is 19.3 Å². The molecule has 6 nitrogen and oxygen atoms in total. The first-order chi connectivity index (χ1) is 15.6. The van der Waals surface area contributed by atoms with Gasteiger partial charge in [0.05, 0.1) is 11.1 Å². The van der Waals surface area contributed by atoms with Crippen LogP contribution in [-0.2, 0) is 13.0 Å². The molecule has 0 aliphatic carbocycles. The van der Waals surface area contributed by atoms with Gasteiger partial charge in [-0.15, -0.1) is 0 Å². The van der Waals surface area contributed by atoms with Crippen LogP contribution in [0.5, 0.6) is 0 Å². The Bertz CT molecular complexity index is 1310. The maximum atomic E-state index is 12.6. The number of fused-ring (bicyclic) bond motifs is 2. The van der Waals surface area contributed by atoms with Crippen molar-refractivity contribution in [3.05, 3.63) is 107 Å². The van der Waals surface area contributed by atoms with Crippen LogP contribution in [0.15, 0.2) is 79.0 Å². The molecular formula is C26H21N3O3. The zero-order valence-corrected chi connectivity index (χ0v) is 17.3. The summed E-state index contributed by atoms with van der Waals surface area (Å²) in [4.78, 5) is 42.1. The van der Waals surface area contributed by atoms with Crippen LogP contribution in [0.2, 0.25) is 0 Å². The third-order valence-corrected chi connectivity index (χ3v) is 5.80. The van der Waals surface area contributed by atoms with E-state index in [1.54, 1.807) is 36.4 Å². The molecule has 6 heteroatoms. The molecular weight excluding hydrogens is 402 g/mol. The Morgan fingerprint density at radius 2 is 1.56 bits per heavy atom. The zero-order chi connectivity index (χ0) is 22.1. The number of hydrogen-bond donors (Lipinski definition) is 2. The van der Waals surface area contributed by atoms with Crippen LogP contribution < -0.4 is 5.32 Å². The van der Waals surface area contributed by atoms with Crippen molar-refractivity contribution in [2.45, 2.75) is 13.0 Å². The number of carbonyl (C=O) groups excluding carboxylic acids is 3. The van der Waals surface area contributed by atoms with Gasteiger partial charge in [-0.25, -0.2) is 0 Å².